The molecule has 2 rings (SSSR count). The highest BCUT2D eigenvalue weighted by molar-refractivity contribution is 6.00. The first-order valence-electron chi connectivity index (χ1n) is 6.95. The quantitative estimate of drug-likeness (QED) is 0.860. The van der Waals surface area contributed by atoms with Gasteiger partial charge in [0.25, 0.3) is 0 Å². The molecule has 0 aliphatic carbocycles. The van der Waals surface area contributed by atoms with Gasteiger partial charge in [0.15, 0.2) is 0 Å². The number of hydrogen-bond donors (Lipinski definition) is 1. The van der Waals surface area contributed by atoms with Crippen molar-refractivity contribution in [2.45, 2.75) is 19.8 Å². The van der Waals surface area contributed by atoms with Crippen LogP contribution in [0.25, 0.3) is 0 Å². The number of rotatable bonds is 3. The van der Waals surface area contributed by atoms with Crippen molar-refractivity contribution in [3.63, 3.8) is 0 Å². The summed E-state index contributed by atoms with van der Waals surface area (Å²) in [4.78, 5) is 26.8. The molecule has 0 bridgehead atoms. The SMILES string of the molecule is C=CC(=O)N(C)CC(=O)N1CCCc2c(C)ccc(O)c21. The molecule has 0 aromatic heterocycles. The Morgan fingerprint density at radius 1 is 1.48 bits per heavy atom. The van der Waals surface area contributed by atoms with Gasteiger partial charge in [0.2, 0.25) is 11.8 Å². The molecule has 5 heteroatoms. The standard InChI is InChI=1S/C16H20N2O3/c1-4-14(20)17(3)10-15(21)18-9-5-6-12-11(2)7-8-13(19)16(12)18/h4,7-8,19H,1,5-6,9-10H2,2-3H3. The van der Waals surface area contributed by atoms with Gasteiger partial charge in [-0.15, -0.1) is 0 Å². The van der Waals surface area contributed by atoms with Crippen molar-refractivity contribution in [3.8, 4) is 5.75 Å². The summed E-state index contributed by atoms with van der Waals surface area (Å²) in [5, 5.41) is 10.1. The molecule has 1 aliphatic heterocycles. The van der Waals surface area contributed by atoms with Gasteiger partial charge < -0.3 is 14.9 Å². The Balaban J connectivity index is 2.28. The van der Waals surface area contributed by atoms with E-state index in [0.29, 0.717) is 12.2 Å². The van der Waals surface area contributed by atoms with Crippen LogP contribution >= 0.6 is 0 Å². The number of anilines is 1. The summed E-state index contributed by atoms with van der Waals surface area (Å²) in [5.74, 6) is -0.384. The number of amides is 2. The van der Waals surface area contributed by atoms with Crippen LogP contribution in [0.15, 0.2) is 24.8 Å². The van der Waals surface area contributed by atoms with E-state index in [0.717, 1.165) is 24.0 Å². The van der Waals surface area contributed by atoms with Gasteiger partial charge in [-0.25, -0.2) is 0 Å². The Labute approximate surface area is 124 Å². The highest BCUT2D eigenvalue weighted by Gasteiger charge is 2.27. The first-order valence-corrected chi connectivity index (χ1v) is 6.95. The van der Waals surface area contributed by atoms with Gasteiger partial charge in [-0.3, -0.25) is 9.59 Å². The molecule has 1 heterocycles. The fourth-order valence-electron chi connectivity index (χ4n) is 2.64. The summed E-state index contributed by atoms with van der Waals surface area (Å²) in [5.41, 5.74) is 2.66. The highest BCUT2D eigenvalue weighted by atomic mass is 16.3. The Morgan fingerprint density at radius 2 is 2.19 bits per heavy atom. The van der Waals surface area contributed by atoms with Crippen molar-refractivity contribution in [1.82, 2.24) is 4.90 Å². The molecule has 0 spiro atoms. The first kappa shape index (κ1) is 15.1. The number of phenols is 1. The summed E-state index contributed by atoms with van der Waals surface area (Å²) in [6.45, 7) is 5.90. The van der Waals surface area contributed by atoms with E-state index in [4.69, 9.17) is 0 Å². The molecular weight excluding hydrogens is 268 g/mol. The van der Waals surface area contributed by atoms with E-state index in [9.17, 15) is 14.7 Å². The van der Waals surface area contributed by atoms with Gasteiger partial charge in [0, 0.05) is 13.6 Å². The molecule has 2 amide bonds. The van der Waals surface area contributed by atoms with E-state index in [1.54, 1.807) is 18.0 Å². The Kier molecular flexibility index (Phi) is 4.31. The van der Waals surface area contributed by atoms with Crippen molar-refractivity contribution in [3.05, 3.63) is 35.9 Å². The molecule has 0 fully saturated rings. The predicted molar refractivity (Wildman–Crippen MR) is 81.4 cm³/mol. The number of benzene rings is 1. The van der Waals surface area contributed by atoms with E-state index >= 15 is 0 Å². The minimum atomic E-state index is -0.297. The van der Waals surface area contributed by atoms with Crippen LogP contribution in [0.3, 0.4) is 0 Å². The molecule has 0 atom stereocenters. The van der Waals surface area contributed by atoms with Crippen LogP contribution in [0.1, 0.15) is 17.5 Å². The Hall–Kier alpha value is -2.30. The van der Waals surface area contributed by atoms with E-state index in [1.165, 1.54) is 11.0 Å². The number of nitrogens with zero attached hydrogens (tertiary/aromatic N) is 2. The molecular formula is C16H20N2O3. The topological polar surface area (TPSA) is 60.9 Å². The second-order valence-electron chi connectivity index (χ2n) is 5.28. The lowest BCUT2D eigenvalue weighted by Crippen LogP contribution is -2.43. The number of carbonyl (C=O) groups is 2. The summed E-state index contributed by atoms with van der Waals surface area (Å²) < 4.78 is 0. The van der Waals surface area contributed by atoms with Gasteiger partial charge in [-0.1, -0.05) is 12.6 Å². The molecule has 21 heavy (non-hydrogen) atoms. The van der Waals surface area contributed by atoms with E-state index in [1.807, 2.05) is 13.0 Å². The predicted octanol–water partition coefficient (Wildman–Crippen LogP) is 1.62. The molecule has 0 unspecified atom stereocenters. The molecule has 0 saturated carbocycles. The number of aromatic hydroxyl groups is 1. The lowest BCUT2D eigenvalue weighted by Gasteiger charge is -2.32. The zero-order chi connectivity index (χ0) is 15.6. The average molecular weight is 288 g/mol. The third-order valence-electron chi connectivity index (χ3n) is 3.80. The number of fused-ring (bicyclic) bond motifs is 1. The van der Waals surface area contributed by atoms with Crippen LogP contribution in [0.2, 0.25) is 0 Å². The minimum Gasteiger partial charge on any atom is -0.506 e. The lowest BCUT2D eigenvalue weighted by atomic mass is 9.96. The van der Waals surface area contributed by atoms with E-state index in [2.05, 4.69) is 6.58 Å². The molecule has 5 nitrogen and oxygen atoms in total. The summed E-state index contributed by atoms with van der Waals surface area (Å²) in [7, 11) is 1.56. The molecule has 112 valence electrons. The number of carbonyl (C=O) groups excluding carboxylic acids is 2. The molecule has 0 saturated heterocycles. The van der Waals surface area contributed by atoms with Gasteiger partial charge in [-0.05, 0) is 43.0 Å². The first-order chi connectivity index (χ1) is 9.95. The fourth-order valence-corrected chi connectivity index (χ4v) is 2.64. The van der Waals surface area contributed by atoms with Crippen LogP contribution in [0.5, 0.6) is 5.75 Å². The van der Waals surface area contributed by atoms with Crippen molar-refractivity contribution in [1.29, 1.82) is 0 Å². The number of likely N-dealkylation sites (N-methyl/N-ethyl adjacent to an activating group) is 1. The van der Waals surface area contributed by atoms with Crippen LogP contribution in [0, 0.1) is 6.92 Å². The third-order valence-corrected chi connectivity index (χ3v) is 3.80. The van der Waals surface area contributed by atoms with E-state index in [-0.39, 0.29) is 24.1 Å². The molecule has 1 N–H and O–H groups in total. The Bertz CT molecular complexity index is 595. The Morgan fingerprint density at radius 3 is 2.86 bits per heavy atom. The monoisotopic (exact) mass is 288 g/mol. The minimum absolute atomic E-state index is 0.0301. The lowest BCUT2D eigenvalue weighted by molar-refractivity contribution is -0.130. The zero-order valence-electron chi connectivity index (χ0n) is 12.4. The van der Waals surface area contributed by atoms with Gasteiger partial charge in [0.05, 0.1) is 5.69 Å². The molecule has 0 radical (unpaired) electrons. The molecule has 1 aromatic rings. The maximum atomic E-state index is 12.4. The highest BCUT2D eigenvalue weighted by Crippen LogP contribution is 2.37. The van der Waals surface area contributed by atoms with Gasteiger partial charge in [-0.2, -0.15) is 0 Å². The summed E-state index contributed by atoms with van der Waals surface area (Å²) in [6, 6.07) is 3.47. The summed E-state index contributed by atoms with van der Waals surface area (Å²) in [6.07, 6.45) is 2.88. The number of aryl methyl sites for hydroxylation is 1. The average Bonchev–Trinajstić information content (AvgIpc) is 2.49. The molecule has 1 aliphatic rings. The van der Waals surface area contributed by atoms with Gasteiger partial charge >= 0.3 is 0 Å². The van der Waals surface area contributed by atoms with Crippen LogP contribution in [-0.4, -0.2) is 42.0 Å². The van der Waals surface area contributed by atoms with Crippen LogP contribution in [-0.2, 0) is 16.0 Å². The van der Waals surface area contributed by atoms with E-state index < -0.39 is 0 Å². The normalized spacial score (nSPS) is 13.5. The second-order valence-corrected chi connectivity index (χ2v) is 5.28. The number of phenolic OH excluding ortho intramolecular Hbond substituents is 1. The van der Waals surface area contributed by atoms with Crippen LogP contribution < -0.4 is 4.90 Å². The number of hydrogen-bond acceptors (Lipinski definition) is 3. The smallest absolute Gasteiger partial charge is 0.246 e. The molecule has 1 aromatic carbocycles. The largest absolute Gasteiger partial charge is 0.506 e. The second kappa shape index (κ2) is 5.99. The van der Waals surface area contributed by atoms with Crippen molar-refractivity contribution >= 4 is 17.5 Å². The maximum Gasteiger partial charge on any atom is 0.246 e. The van der Waals surface area contributed by atoms with Crippen molar-refractivity contribution in [2.24, 2.45) is 0 Å². The van der Waals surface area contributed by atoms with Crippen molar-refractivity contribution in [2.75, 3.05) is 25.0 Å². The van der Waals surface area contributed by atoms with Crippen molar-refractivity contribution < 1.29 is 14.7 Å². The zero-order valence-corrected chi connectivity index (χ0v) is 12.4. The third kappa shape index (κ3) is 2.91. The maximum absolute atomic E-state index is 12.4. The fraction of sp³-hybridized carbons (Fsp3) is 0.375. The van der Waals surface area contributed by atoms with Gasteiger partial charge in [0.1, 0.15) is 12.3 Å². The summed E-state index contributed by atoms with van der Waals surface area (Å²) >= 11 is 0. The van der Waals surface area contributed by atoms with Crippen LogP contribution in [0.4, 0.5) is 5.69 Å².